The second kappa shape index (κ2) is 7.75. The van der Waals surface area contributed by atoms with E-state index < -0.39 is 11.9 Å². The molecule has 0 amide bonds. The minimum atomic E-state index is -1.24. The Hall–Kier alpha value is -1.51. The van der Waals surface area contributed by atoms with Crippen LogP contribution in [0.1, 0.15) is 17.4 Å². The van der Waals surface area contributed by atoms with E-state index in [9.17, 15) is 9.90 Å². The van der Waals surface area contributed by atoms with Gasteiger partial charge in [0, 0.05) is 11.4 Å². The van der Waals surface area contributed by atoms with Gasteiger partial charge in [-0.3, -0.25) is 0 Å². The third kappa shape index (κ3) is 5.21. The van der Waals surface area contributed by atoms with Gasteiger partial charge in [0.15, 0.2) is 0 Å². The fourth-order valence-corrected chi connectivity index (χ4v) is 1.18. The summed E-state index contributed by atoms with van der Waals surface area (Å²) in [5.41, 5.74) is 0.642. The first-order chi connectivity index (χ1) is 8.00. The maximum absolute atomic E-state index is 10.5. The van der Waals surface area contributed by atoms with Crippen molar-refractivity contribution >= 4 is 50.1 Å². The van der Waals surface area contributed by atoms with Gasteiger partial charge in [0.1, 0.15) is 0 Å². The molecule has 2 radical (unpaired) electrons. The number of hydrogen-bond donors (Lipinski definition) is 0. The molecule has 5 nitrogen and oxygen atoms in total. The third-order valence-electron chi connectivity index (χ3n) is 1.81. The Bertz CT molecular complexity index is 553. The number of para-hydroxylation sites is 1. The van der Waals surface area contributed by atoms with Crippen LogP contribution in [0, 0.1) is 0 Å². The van der Waals surface area contributed by atoms with Gasteiger partial charge in [-0.1, -0.05) is 24.3 Å². The number of pyridine rings is 1. The molecular formula is C12H9NO4Pb. The van der Waals surface area contributed by atoms with E-state index in [0.29, 0.717) is 5.52 Å². The molecule has 1 heterocycles. The summed E-state index contributed by atoms with van der Waals surface area (Å²) in [6.07, 6.45) is 0. The van der Waals surface area contributed by atoms with Gasteiger partial charge in [-0.15, -0.1) is 0 Å². The number of benzene rings is 1. The molecule has 0 saturated carbocycles. The largest absolute Gasteiger partial charge is 2.00 e. The summed E-state index contributed by atoms with van der Waals surface area (Å²) in [5.74, 6) is -2.33. The number of aromatic carboxylic acids is 1. The van der Waals surface area contributed by atoms with Crippen LogP contribution in [-0.4, -0.2) is 44.2 Å². The van der Waals surface area contributed by atoms with Crippen molar-refractivity contribution < 1.29 is 19.8 Å². The Labute approximate surface area is 124 Å². The van der Waals surface area contributed by atoms with Gasteiger partial charge in [0.05, 0.1) is 17.2 Å². The van der Waals surface area contributed by atoms with Gasteiger partial charge in [-0.2, -0.15) is 0 Å². The Morgan fingerprint density at radius 2 is 1.61 bits per heavy atom. The average molecular weight is 438 g/mol. The number of hydrogen-bond acceptors (Lipinski definition) is 5. The number of carboxylic acids is 2. The van der Waals surface area contributed by atoms with Crippen molar-refractivity contribution in [2.45, 2.75) is 6.92 Å². The molecule has 2 aromatic rings. The molecule has 1 aromatic carbocycles. The molecule has 0 saturated heterocycles. The van der Waals surface area contributed by atoms with E-state index in [-0.39, 0.29) is 33.0 Å². The standard InChI is InChI=1S/C10H7NO2.C2H4O2.Pb/c12-10(13)9-6-5-7-3-1-2-4-8(7)11-9;1-2(3)4;/h1-6H,(H,12,13);1H3,(H,3,4);/q;;+2/p-2. The average Bonchev–Trinajstić information content (AvgIpc) is 2.27. The molecule has 1 aromatic heterocycles. The molecule has 0 bridgehead atoms. The molecule has 0 spiro atoms. The van der Waals surface area contributed by atoms with Crippen LogP contribution in [0.15, 0.2) is 36.4 Å². The molecule has 0 aliphatic heterocycles. The molecule has 0 unspecified atom stereocenters. The van der Waals surface area contributed by atoms with E-state index in [4.69, 9.17) is 9.90 Å². The number of fused-ring (bicyclic) bond motifs is 1. The molecular weight excluding hydrogens is 429 g/mol. The van der Waals surface area contributed by atoms with Gasteiger partial charge in [-0.05, 0) is 19.1 Å². The van der Waals surface area contributed by atoms with Crippen LogP contribution < -0.4 is 10.2 Å². The normalized spacial score (nSPS) is 8.72. The van der Waals surface area contributed by atoms with E-state index in [1.54, 1.807) is 12.1 Å². The summed E-state index contributed by atoms with van der Waals surface area (Å²) in [4.78, 5) is 23.3. The first-order valence-electron chi connectivity index (χ1n) is 4.75. The minimum Gasteiger partial charge on any atom is -0.550 e. The summed E-state index contributed by atoms with van der Waals surface area (Å²) in [5, 5.41) is 20.3. The molecule has 0 aliphatic carbocycles. The number of aliphatic carboxylic acids is 1. The van der Waals surface area contributed by atoms with Crippen LogP contribution >= 0.6 is 0 Å². The van der Waals surface area contributed by atoms with Gasteiger partial charge < -0.3 is 19.8 Å². The fraction of sp³-hybridized carbons (Fsp3) is 0.0833. The Balaban J connectivity index is 0.000000512. The quantitative estimate of drug-likeness (QED) is 0.531. The smallest absolute Gasteiger partial charge is 0.550 e. The summed E-state index contributed by atoms with van der Waals surface area (Å²) >= 11 is 0. The summed E-state index contributed by atoms with van der Waals surface area (Å²) in [7, 11) is 0. The zero-order valence-corrected chi connectivity index (χ0v) is 13.4. The van der Waals surface area contributed by atoms with Crippen molar-refractivity contribution in [2.75, 3.05) is 0 Å². The molecule has 90 valence electrons. The van der Waals surface area contributed by atoms with Crippen LogP contribution in [0.4, 0.5) is 0 Å². The zero-order chi connectivity index (χ0) is 12.8. The Morgan fingerprint density at radius 3 is 2.17 bits per heavy atom. The van der Waals surface area contributed by atoms with Crippen LogP contribution in [0.25, 0.3) is 10.9 Å². The van der Waals surface area contributed by atoms with Crippen molar-refractivity contribution in [2.24, 2.45) is 0 Å². The predicted molar refractivity (Wildman–Crippen MR) is 62.5 cm³/mol. The summed E-state index contributed by atoms with van der Waals surface area (Å²) < 4.78 is 0. The molecule has 2 rings (SSSR count). The van der Waals surface area contributed by atoms with Crippen LogP contribution in [-0.2, 0) is 4.79 Å². The Morgan fingerprint density at radius 1 is 1.06 bits per heavy atom. The first kappa shape index (κ1) is 16.5. The van der Waals surface area contributed by atoms with E-state index >= 15 is 0 Å². The van der Waals surface area contributed by atoms with Crippen LogP contribution in [0.5, 0.6) is 0 Å². The molecule has 0 atom stereocenters. The summed E-state index contributed by atoms with van der Waals surface area (Å²) in [6, 6.07) is 10.5. The van der Waals surface area contributed by atoms with Crippen molar-refractivity contribution in [3.05, 3.63) is 42.1 Å². The van der Waals surface area contributed by atoms with Crippen LogP contribution in [0.2, 0.25) is 0 Å². The maximum atomic E-state index is 10.5. The monoisotopic (exact) mass is 439 g/mol. The molecule has 6 heteroatoms. The molecule has 18 heavy (non-hydrogen) atoms. The fourth-order valence-electron chi connectivity index (χ4n) is 1.18. The topological polar surface area (TPSA) is 93.1 Å². The number of rotatable bonds is 1. The van der Waals surface area contributed by atoms with Crippen molar-refractivity contribution in [3.8, 4) is 0 Å². The zero-order valence-electron chi connectivity index (χ0n) is 9.54. The Kier molecular flexibility index (Phi) is 7.10. The second-order valence-electron chi connectivity index (χ2n) is 3.17. The second-order valence-corrected chi connectivity index (χ2v) is 3.17. The number of aromatic nitrogens is 1. The van der Waals surface area contributed by atoms with Gasteiger partial charge in [0.25, 0.3) is 0 Å². The van der Waals surface area contributed by atoms with E-state index in [2.05, 4.69) is 4.98 Å². The van der Waals surface area contributed by atoms with Crippen LogP contribution in [0.3, 0.4) is 0 Å². The predicted octanol–water partition coefficient (Wildman–Crippen LogP) is -1.03. The first-order valence-corrected chi connectivity index (χ1v) is 4.75. The SMILES string of the molecule is CC(=O)[O-].O=C([O-])c1ccc2ccccc2n1.[Pb+2]. The van der Waals surface area contributed by atoms with Crippen molar-refractivity contribution in [3.63, 3.8) is 0 Å². The molecule has 0 N–H and O–H groups in total. The molecule has 0 aliphatic rings. The van der Waals surface area contributed by atoms with E-state index in [1.165, 1.54) is 6.07 Å². The van der Waals surface area contributed by atoms with Gasteiger partial charge in [-0.25, -0.2) is 4.98 Å². The number of nitrogens with zero attached hydrogens (tertiary/aromatic N) is 1. The number of carbonyl (C=O) groups is 2. The van der Waals surface area contributed by atoms with Crippen molar-refractivity contribution in [1.29, 1.82) is 0 Å². The summed E-state index contributed by atoms with van der Waals surface area (Å²) in [6.45, 7) is 0.972. The maximum Gasteiger partial charge on any atom is 2.00 e. The molecule has 0 fully saturated rings. The third-order valence-corrected chi connectivity index (χ3v) is 1.81. The van der Waals surface area contributed by atoms with E-state index in [1.807, 2.05) is 18.2 Å². The van der Waals surface area contributed by atoms with Gasteiger partial charge in [0.2, 0.25) is 0 Å². The van der Waals surface area contributed by atoms with Gasteiger partial charge >= 0.3 is 27.3 Å². The minimum absolute atomic E-state index is 0. The van der Waals surface area contributed by atoms with Crippen molar-refractivity contribution in [1.82, 2.24) is 4.98 Å². The number of carbonyl (C=O) groups excluding carboxylic acids is 2. The number of carboxylic acid groups (broad SMARTS) is 2. The van der Waals surface area contributed by atoms with E-state index in [0.717, 1.165) is 12.3 Å².